The highest BCUT2D eigenvalue weighted by Gasteiger charge is 2.37. The van der Waals surface area contributed by atoms with E-state index in [9.17, 15) is 9.90 Å². The van der Waals surface area contributed by atoms with E-state index >= 15 is 0 Å². The predicted octanol–water partition coefficient (Wildman–Crippen LogP) is 5.13. The Morgan fingerprint density at radius 1 is 0.911 bits per heavy atom. The number of piperazine rings is 1. The molecule has 2 aliphatic heterocycles. The molecule has 0 aliphatic carbocycles. The monoisotopic (exact) mass is 613 g/mol. The van der Waals surface area contributed by atoms with E-state index in [1.807, 2.05) is 75.4 Å². The van der Waals surface area contributed by atoms with Crippen molar-refractivity contribution < 1.29 is 19.4 Å². The number of carbonyl (C=O) groups is 1. The molecule has 240 valence electrons. The van der Waals surface area contributed by atoms with Gasteiger partial charge in [-0.15, -0.1) is 0 Å². The summed E-state index contributed by atoms with van der Waals surface area (Å²) in [5.74, 6) is 7.91. The number of carbonyl (C=O) groups excluding carboxylic acids is 1. The van der Waals surface area contributed by atoms with Crippen LogP contribution in [0.15, 0.2) is 66.7 Å². The fourth-order valence-corrected chi connectivity index (χ4v) is 6.20. The van der Waals surface area contributed by atoms with Crippen LogP contribution in [0.5, 0.6) is 11.5 Å². The first-order valence-corrected chi connectivity index (χ1v) is 16.0. The molecule has 0 radical (unpaired) electrons. The van der Waals surface area contributed by atoms with Gasteiger partial charge in [-0.05, 0) is 74.8 Å². The van der Waals surface area contributed by atoms with Gasteiger partial charge < -0.3 is 25.3 Å². The largest absolute Gasteiger partial charge is 0.491 e. The Bertz CT molecular complexity index is 1580. The second-order valence-electron chi connectivity index (χ2n) is 11.9. The molecule has 6 rings (SSSR count). The first-order chi connectivity index (χ1) is 21.8. The molecule has 2 unspecified atom stereocenters. The van der Waals surface area contributed by atoms with Gasteiger partial charge in [0.1, 0.15) is 30.3 Å². The number of aromatic nitrogens is 1. The summed E-state index contributed by atoms with van der Waals surface area (Å²) >= 11 is 0. The van der Waals surface area contributed by atoms with Crippen LogP contribution >= 0.6 is 0 Å². The van der Waals surface area contributed by atoms with E-state index in [4.69, 9.17) is 15.3 Å². The average Bonchev–Trinajstić information content (AvgIpc) is 3.33. The minimum atomic E-state index is -0.576. The number of aliphatic hydroxyl groups is 1. The number of nitrogens with two attached hydrogens (primary N) is 1. The summed E-state index contributed by atoms with van der Waals surface area (Å²) in [6, 6.07) is 21.0. The summed E-state index contributed by atoms with van der Waals surface area (Å²) in [5, 5.41) is 11.7. The number of aliphatic hydroxyl groups excluding tert-OH is 1. The molecule has 0 saturated carbocycles. The zero-order valence-corrected chi connectivity index (χ0v) is 27.2. The standard InChI is InChI=1S/C34H41N5O4.C2H6/c1-23-4-9-28(10-5-23)43-34(41)38-15-14-29-30-20-24(2)6-13-31(30)39(35)33(29)32(38)25-7-11-27(12-8-25)42-22-26(40)21-37-18-16-36(3)17-19-37;1-2/h4-13,20,26,32,40H,14-19,21-22,35H2,1-3H3;1-2H3. The number of nitrogens with zero attached hydrogens (tertiary/aromatic N) is 4. The molecule has 3 heterocycles. The SMILES string of the molecule is CC.Cc1ccc(OC(=O)N2CCc3c(n(N)c4ccc(C)cc34)C2c2ccc(OCC(O)CN3CCN(C)CC3)cc2)cc1. The van der Waals surface area contributed by atoms with E-state index in [0.29, 0.717) is 31.0 Å². The van der Waals surface area contributed by atoms with Crippen LogP contribution in [0.1, 0.15) is 47.8 Å². The van der Waals surface area contributed by atoms with Crippen LogP contribution in [0.25, 0.3) is 10.9 Å². The molecule has 1 amide bonds. The lowest BCUT2D eigenvalue weighted by Gasteiger charge is -2.36. The van der Waals surface area contributed by atoms with Crippen LogP contribution in [0.2, 0.25) is 0 Å². The summed E-state index contributed by atoms with van der Waals surface area (Å²) < 4.78 is 13.5. The van der Waals surface area contributed by atoms with Crippen LogP contribution in [-0.4, -0.2) is 89.6 Å². The number of benzene rings is 3. The van der Waals surface area contributed by atoms with Gasteiger partial charge in [0.05, 0.1) is 11.2 Å². The number of likely N-dealkylation sites (N-methyl/N-ethyl adjacent to an activating group) is 1. The molecule has 9 nitrogen and oxygen atoms in total. The Morgan fingerprint density at radius 3 is 2.24 bits per heavy atom. The summed E-state index contributed by atoms with van der Waals surface area (Å²) in [7, 11) is 2.12. The van der Waals surface area contributed by atoms with Crippen LogP contribution < -0.4 is 15.3 Å². The van der Waals surface area contributed by atoms with Crippen LogP contribution in [-0.2, 0) is 6.42 Å². The van der Waals surface area contributed by atoms with E-state index in [1.54, 1.807) is 9.58 Å². The highest BCUT2D eigenvalue weighted by atomic mass is 16.6. The molecule has 3 aromatic carbocycles. The summed E-state index contributed by atoms with van der Waals surface area (Å²) in [4.78, 5) is 20.0. The number of β-amino-alcohol motifs (C(OH)–C–C–N with tert-alkyl or cyclic N) is 1. The van der Waals surface area contributed by atoms with Gasteiger partial charge in [-0.3, -0.25) is 14.5 Å². The molecule has 0 spiro atoms. The van der Waals surface area contributed by atoms with E-state index < -0.39 is 18.2 Å². The third-order valence-corrected chi connectivity index (χ3v) is 8.64. The zero-order chi connectivity index (χ0) is 32.1. The van der Waals surface area contributed by atoms with E-state index in [2.05, 4.69) is 35.9 Å². The lowest BCUT2D eigenvalue weighted by molar-refractivity contribution is 0.0504. The van der Waals surface area contributed by atoms with Crippen molar-refractivity contribution in [3.8, 4) is 11.5 Å². The van der Waals surface area contributed by atoms with Crippen molar-refractivity contribution in [3.63, 3.8) is 0 Å². The van der Waals surface area contributed by atoms with Gasteiger partial charge in [0.2, 0.25) is 0 Å². The molecule has 0 bridgehead atoms. The quantitative estimate of drug-likeness (QED) is 0.279. The Balaban J connectivity index is 0.00000196. The van der Waals surface area contributed by atoms with Crippen LogP contribution in [0.3, 0.4) is 0 Å². The molecule has 4 aromatic rings. The number of amides is 1. The highest BCUT2D eigenvalue weighted by molar-refractivity contribution is 5.88. The van der Waals surface area contributed by atoms with Gasteiger partial charge >= 0.3 is 6.09 Å². The van der Waals surface area contributed by atoms with E-state index in [1.165, 1.54) is 0 Å². The number of ether oxygens (including phenoxy) is 2. The number of fused-ring (bicyclic) bond motifs is 3. The molecule has 9 heteroatoms. The Labute approximate surface area is 266 Å². The third kappa shape index (κ3) is 7.27. The van der Waals surface area contributed by atoms with Crippen molar-refractivity contribution in [2.75, 3.05) is 58.8 Å². The number of hydrogen-bond acceptors (Lipinski definition) is 7. The van der Waals surface area contributed by atoms with Gasteiger partial charge in [-0.25, -0.2) is 4.79 Å². The minimum absolute atomic E-state index is 0.213. The average molecular weight is 614 g/mol. The van der Waals surface area contributed by atoms with Gasteiger partial charge in [0.25, 0.3) is 0 Å². The topological polar surface area (TPSA) is 96.4 Å². The number of aryl methyl sites for hydroxylation is 2. The van der Waals surface area contributed by atoms with Crippen molar-refractivity contribution in [2.24, 2.45) is 0 Å². The van der Waals surface area contributed by atoms with Crippen molar-refractivity contribution in [1.82, 2.24) is 19.4 Å². The maximum atomic E-state index is 13.6. The zero-order valence-electron chi connectivity index (χ0n) is 27.2. The maximum absolute atomic E-state index is 13.6. The molecule has 2 aliphatic rings. The Kier molecular flexibility index (Phi) is 10.3. The highest BCUT2D eigenvalue weighted by Crippen LogP contribution is 2.40. The second kappa shape index (κ2) is 14.4. The van der Waals surface area contributed by atoms with Crippen LogP contribution in [0.4, 0.5) is 4.79 Å². The fourth-order valence-electron chi connectivity index (χ4n) is 6.20. The van der Waals surface area contributed by atoms with Gasteiger partial charge in [-0.2, -0.15) is 0 Å². The molecule has 1 fully saturated rings. The van der Waals surface area contributed by atoms with Crippen molar-refractivity contribution in [1.29, 1.82) is 0 Å². The Hall–Kier alpha value is -4.05. The number of hydrogen-bond donors (Lipinski definition) is 2. The third-order valence-electron chi connectivity index (χ3n) is 8.64. The first-order valence-electron chi connectivity index (χ1n) is 16.0. The summed E-state index contributed by atoms with van der Waals surface area (Å²) in [6.07, 6.45) is -0.327. The fraction of sp³-hybridized carbons (Fsp3) is 0.417. The van der Waals surface area contributed by atoms with Gasteiger partial charge in [-0.1, -0.05) is 55.3 Å². The molecular weight excluding hydrogens is 566 g/mol. The van der Waals surface area contributed by atoms with E-state index in [-0.39, 0.29) is 6.61 Å². The molecular formula is C36H47N5O4. The van der Waals surface area contributed by atoms with Crippen molar-refractivity contribution in [2.45, 2.75) is 46.3 Å². The van der Waals surface area contributed by atoms with Crippen molar-refractivity contribution >= 4 is 17.0 Å². The predicted molar refractivity (Wildman–Crippen MR) is 180 cm³/mol. The van der Waals surface area contributed by atoms with Gasteiger partial charge in [0, 0.05) is 44.7 Å². The molecule has 45 heavy (non-hydrogen) atoms. The molecule has 3 N–H and O–H groups in total. The lowest BCUT2D eigenvalue weighted by atomic mass is 9.92. The normalized spacial score (nSPS) is 17.7. The lowest BCUT2D eigenvalue weighted by Crippen LogP contribution is -2.47. The number of nitrogen functional groups attached to an aromatic ring is 1. The molecule has 1 saturated heterocycles. The summed E-state index contributed by atoms with van der Waals surface area (Å²) in [6.45, 7) is 13.3. The minimum Gasteiger partial charge on any atom is -0.491 e. The van der Waals surface area contributed by atoms with Gasteiger partial charge in [0.15, 0.2) is 0 Å². The number of rotatable bonds is 7. The van der Waals surface area contributed by atoms with Crippen molar-refractivity contribution in [3.05, 3.63) is 94.7 Å². The first kappa shape index (κ1) is 32.3. The smallest absolute Gasteiger partial charge is 0.416 e. The van der Waals surface area contributed by atoms with Crippen LogP contribution in [0, 0.1) is 13.8 Å². The second-order valence-corrected chi connectivity index (χ2v) is 11.9. The molecule has 1 aromatic heterocycles. The summed E-state index contributed by atoms with van der Waals surface area (Å²) in [5.41, 5.74) is 6.12. The maximum Gasteiger partial charge on any atom is 0.416 e. The molecule has 2 atom stereocenters. The van der Waals surface area contributed by atoms with E-state index in [0.717, 1.165) is 65.0 Å². The Morgan fingerprint density at radius 2 is 1.56 bits per heavy atom.